The Morgan fingerprint density at radius 1 is 1.17 bits per heavy atom. The van der Waals surface area contributed by atoms with Crippen LogP contribution in [0.1, 0.15) is 10.4 Å². The van der Waals surface area contributed by atoms with Crippen molar-refractivity contribution < 1.29 is 14.1 Å². The molecule has 1 N–H and O–H groups in total. The van der Waals surface area contributed by atoms with Crippen LogP contribution in [0.4, 0.5) is 5.82 Å². The van der Waals surface area contributed by atoms with Crippen molar-refractivity contribution >= 4 is 29.2 Å². The van der Waals surface area contributed by atoms with Crippen LogP contribution in [0.5, 0.6) is 0 Å². The summed E-state index contributed by atoms with van der Waals surface area (Å²) < 4.78 is 4.66. The Hall–Kier alpha value is -2.38. The molecule has 0 aliphatic heterocycles. The minimum Gasteiger partial charge on any atom is -0.363 e. The third-order valence-electron chi connectivity index (χ3n) is 3.24. The van der Waals surface area contributed by atoms with E-state index in [1.54, 1.807) is 24.3 Å². The molecule has 8 heteroatoms. The molecule has 1 aromatic carbocycles. The predicted octanol–water partition coefficient (Wildman–Crippen LogP) is 1.97. The number of hydrogen-bond donors (Lipinski definition) is 1. The van der Waals surface area contributed by atoms with E-state index < -0.39 is 0 Å². The van der Waals surface area contributed by atoms with Crippen molar-refractivity contribution in [1.29, 1.82) is 0 Å². The largest absolute Gasteiger partial charge is 0.363 e. The van der Waals surface area contributed by atoms with Crippen LogP contribution < -0.4 is 5.32 Å². The lowest BCUT2D eigenvalue weighted by Gasteiger charge is -2.24. The maximum absolute atomic E-state index is 12.7. The van der Waals surface area contributed by atoms with Crippen molar-refractivity contribution in [2.24, 2.45) is 0 Å². The first-order valence-electron chi connectivity index (χ1n) is 7.35. The van der Waals surface area contributed by atoms with Crippen LogP contribution >= 0.6 is 11.6 Å². The first-order chi connectivity index (χ1) is 11.5. The molecule has 0 aliphatic carbocycles. The van der Waals surface area contributed by atoms with Gasteiger partial charge in [-0.25, -0.2) is 0 Å². The summed E-state index contributed by atoms with van der Waals surface area (Å²) in [5.41, 5.74) is 0.479. The molecular weight excluding hydrogens is 332 g/mol. The summed E-state index contributed by atoms with van der Waals surface area (Å²) >= 11 is 5.85. The van der Waals surface area contributed by atoms with Gasteiger partial charge in [0.15, 0.2) is 5.82 Å². The van der Waals surface area contributed by atoms with E-state index in [1.807, 2.05) is 19.0 Å². The van der Waals surface area contributed by atoms with Gasteiger partial charge in [0, 0.05) is 29.7 Å². The summed E-state index contributed by atoms with van der Waals surface area (Å²) in [5, 5.41) is 6.75. The fourth-order valence-electron chi connectivity index (χ4n) is 1.98. The predicted molar refractivity (Wildman–Crippen MR) is 91.0 cm³/mol. The van der Waals surface area contributed by atoms with Crippen LogP contribution in [0.15, 0.2) is 41.1 Å². The van der Waals surface area contributed by atoms with E-state index in [0.717, 1.165) is 0 Å². The average molecular weight is 351 g/mol. The summed E-state index contributed by atoms with van der Waals surface area (Å²) in [6.45, 7) is 0.972. The molecule has 0 unspecified atom stereocenters. The van der Waals surface area contributed by atoms with Gasteiger partial charge in [0.2, 0.25) is 5.91 Å². The number of hydrogen-bond acceptors (Lipinski definition) is 5. The van der Waals surface area contributed by atoms with Gasteiger partial charge < -0.3 is 19.6 Å². The topological polar surface area (TPSA) is 78.7 Å². The highest BCUT2D eigenvalue weighted by Crippen LogP contribution is 2.12. The molecule has 0 fully saturated rings. The van der Waals surface area contributed by atoms with Crippen LogP contribution in [0.2, 0.25) is 5.02 Å². The maximum Gasteiger partial charge on any atom is 0.254 e. The van der Waals surface area contributed by atoms with E-state index in [0.29, 0.717) is 29.5 Å². The molecule has 0 atom stereocenters. The van der Waals surface area contributed by atoms with E-state index in [4.69, 9.17) is 11.6 Å². The minimum absolute atomic E-state index is 0.0812. The van der Waals surface area contributed by atoms with Crippen LogP contribution in [-0.2, 0) is 4.79 Å². The third kappa shape index (κ3) is 5.36. The number of nitrogens with zero attached hydrogens (tertiary/aromatic N) is 3. The molecule has 2 amide bonds. The van der Waals surface area contributed by atoms with Crippen molar-refractivity contribution in [3.05, 3.63) is 47.2 Å². The van der Waals surface area contributed by atoms with Crippen LogP contribution in [0.3, 0.4) is 0 Å². The van der Waals surface area contributed by atoms with Crippen LogP contribution in [0.25, 0.3) is 0 Å². The van der Waals surface area contributed by atoms with Gasteiger partial charge in [-0.05, 0) is 38.4 Å². The zero-order valence-corrected chi connectivity index (χ0v) is 14.3. The molecule has 0 saturated carbocycles. The summed E-state index contributed by atoms with van der Waals surface area (Å²) in [5.74, 6) is -0.264. The number of anilines is 1. The molecule has 1 heterocycles. The van der Waals surface area contributed by atoms with Crippen LogP contribution in [0, 0.1) is 0 Å². The quantitative estimate of drug-likeness (QED) is 0.826. The van der Waals surface area contributed by atoms with Crippen molar-refractivity contribution in [3.63, 3.8) is 0 Å². The number of likely N-dealkylation sites (N-methyl/N-ethyl adjacent to an activating group) is 1. The number of benzene rings is 1. The van der Waals surface area contributed by atoms with E-state index >= 15 is 0 Å². The standard InChI is InChI=1S/C16H19ClN4O3/c1-20(2)8-9-21(11-15(22)18-14-7-10-24-19-14)16(23)12-3-5-13(17)6-4-12/h3-7,10H,8-9,11H2,1-2H3,(H,18,19,22). The highest BCUT2D eigenvalue weighted by Gasteiger charge is 2.19. The van der Waals surface area contributed by atoms with Gasteiger partial charge in [-0.3, -0.25) is 9.59 Å². The molecule has 0 aliphatic rings. The second kappa shape index (κ2) is 8.47. The number of nitrogens with one attached hydrogen (secondary N) is 1. The number of amides is 2. The molecule has 24 heavy (non-hydrogen) atoms. The van der Waals surface area contributed by atoms with Gasteiger partial charge in [0.25, 0.3) is 5.91 Å². The Bertz CT molecular complexity index is 671. The number of rotatable bonds is 7. The third-order valence-corrected chi connectivity index (χ3v) is 3.49. The van der Waals surface area contributed by atoms with E-state index in [1.165, 1.54) is 17.2 Å². The minimum atomic E-state index is -0.343. The first-order valence-corrected chi connectivity index (χ1v) is 7.73. The van der Waals surface area contributed by atoms with Crippen molar-refractivity contribution in [2.45, 2.75) is 0 Å². The van der Waals surface area contributed by atoms with Gasteiger partial charge in [-0.2, -0.15) is 0 Å². The van der Waals surface area contributed by atoms with E-state index in [-0.39, 0.29) is 18.4 Å². The number of halogens is 1. The highest BCUT2D eigenvalue weighted by atomic mass is 35.5. The molecule has 1 aromatic heterocycles. The smallest absolute Gasteiger partial charge is 0.254 e. The normalized spacial score (nSPS) is 10.7. The molecule has 2 aromatic rings. The summed E-state index contributed by atoms with van der Waals surface area (Å²) in [4.78, 5) is 28.2. The second-order valence-electron chi connectivity index (χ2n) is 5.47. The number of carbonyl (C=O) groups is 2. The first kappa shape index (κ1) is 18.0. The van der Waals surface area contributed by atoms with Gasteiger partial charge in [0.1, 0.15) is 12.8 Å². The van der Waals surface area contributed by atoms with Crippen LogP contribution in [-0.4, -0.2) is 60.5 Å². The van der Waals surface area contributed by atoms with Gasteiger partial charge in [0.05, 0.1) is 0 Å². The van der Waals surface area contributed by atoms with Gasteiger partial charge in [-0.15, -0.1) is 0 Å². The van der Waals surface area contributed by atoms with E-state index in [2.05, 4.69) is 15.0 Å². The Kier molecular flexibility index (Phi) is 6.34. The Balaban J connectivity index is 2.06. The average Bonchev–Trinajstić information content (AvgIpc) is 3.04. The Labute approximate surface area is 145 Å². The van der Waals surface area contributed by atoms with Crippen molar-refractivity contribution in [3.8, 4) is 0 Å². The molecule has 128 valence electrons. The lowest BCUT2D eigenvalue weighted by Crippen LogP contribution is -2.41. The Morgan fingerprint density at radius 3 is 2.46 bits per heavy atom. The van der Waals surface area contributed by atoms with E-state index in [9.17, 15) is 9.59 Å². The number of carbonyl (C=O) groups excluding carboxylic acids is 2. The zero-order valence-electron chi connectivity index (χ0n) is 13.5. The summed E-state index contributed by atoms with van der Waals surface area (Å²) in [6, 6.07) is 8.11. The molecule has 2 rings (SSSR count). The van der Waals surface area contributed by atoms with Gasteiger partial charge in [-0.1, -0.05) is 16.8 Å². The lowest BCUT2D eigenvalue weighted by molar-refractivity contribution is -0.117. The van der Waals surface area contributed by atoms with Gasteiger partial charge >= 0.3 is 0 Å². The Morgan fingerprint density at radius 2 is 1.88 bits per heavy atom. The van der Waals surface area contributed by atoms with Crippen molar-refractivity contribution in [2.75, 3.05) is 39.0 Å². The molecule has 0 radical (unpaired) electrons. The molecular formula is C16H19ClN4O3. The monoisotopic (exact) mass is 350 g/mol. The SMILES string of the molecule is CN(C)CCN(CC(=O)Nc1ccon1)C(=O)c1ccc(Cl)cc1. The fourth-order valence-corrected chi connectivity index (χ4v) is 2.11. The highest BCUT2D eigenvalue weighted by molar-refractivity contribution is 6.30. The molecule has 0 bridgehead atoms. The second-order valence-corrected chi connectivity index (χ2v) is 5.91. The summed E-state index contributed by atoms with van der Waals surface area (Å²) in [6.07, 6.45) is 1.36. The number of aromatic nitrogens is 1. The molecule has 0 spiro atoms. The summed E-state index contributed by atoms with van der Waals surface area (Å²) in [7, 11) is 3.81. The lowest BCUT2D eigenvalue weighted by atomic mass is 10.2. The zero-order chi connectivity index (χ0) is 17.5. The maximum atomic E-state index is 12.7. The molecule has 7 nitrogen and oxygen atoms in total. The van der Waals surface area contributed by atoms with Crippen molar-refractivity contribution in [1.82, 2.24) is 15.0 Å². The fraction of sp³-hybridized carbons (Fsp3) is 0.312. The molecule has 0 saturated heterocycles.